The molecule has 0 bridgehead atoms. The summed E-state index contributed by atoms with van der Waals surface area (Å²) in [5.74, 6) is 0.996. The first kappa shape index (κ1) is 15.8. The number of methoxy groups -OCH3 is 1. The van der Waals surface area contributed by atoms with Gasteiger partial charge in [0.05, 0.1) is 11.6 Å². The summed E-state index contributed by atoms with van der Waals surface area (Å²) < 4.78 is 24.8. The number of benzene rings is 2. The average molecular weight is 354 g/mol. The van der Waals surface area contributed by atoms with E-state index in [-0.39, 0.29) is 18.0 Å². The van der Waals surface area contributed by atoms with Crippen LogP contribution in [0.4, 0.5) is 4.39 Å². The summed E-state index contributed by atoms with van der Waals surface area (Å²) in [5.41, 5.74) is 6.95. The zero-order valence-corrected chi connectivity index (χ0v) is 13.4. The molecule has 5 heteroatoms. The maximum atomic E-state index is 13.1. The van der Waals surface area contributed by atoms with Crippen molar-refractivity contribution < 1.29 is 13.9 Å². The van der Waals surface area contributed by atoms with Crippen LogP contribution in [0, 0.1) is 5.82 Å². The predicted octanol–water partition coefficient (Wildman–Crippen LogP) is 4.06. The first-order valence-electron chi connectivity index (χ1n) is 6.52. The molecule has 3 nitrogen and oxygen atoms in total. The molecule has 0 radical (unpaired) electrons. The Morgan fingerprint density at radius 3 is 2.33 bits per heavy atom. The van der Waals surface area contributed by atoms with Crippen molar-refractivity contribution in [3.63, 3.8) is 0 Å². The molecule has 0 amide bonds. The lowest BCUT2D eigenvalue weighted by atomic mass is 10.0. The van der Waals surface area contributed by atoms with Crippen LogP contribution in [0.2, 0.25) is 0 Å². The smallest absolute Gasteiger partial charge is 0.139 e. The number of halogens is 2. The highest BCUT2D eigenvalue weighted by Crippen LogP contribution is 2.31. The van der Waals surface area contributed by atoms with Crippen molar-refractivity contribution in [2.45, 2.75) is 19.1 Å². The third kappa shape index (κ3) is 3.95. The van der Waals surface area contributed by atoms with Gasteiger partial charge in [-0.15, -0.1) is 0 Å². The van der Waals surface area contributed by atoms with Gasteiger partial charge in [0.2, 0.25) is 0 Å². The molecule has 2 N–H and O–H groups in total. The summed E-state index contributed by atoms with van der Waals surface area (Å²) in [6.07, 6.45) is -0.335. The lowest BCUT2D eigenvalue weighted by Crippen LogP contribution is -2.29. The van der Waals surface area contributed by atoms with Crippen LogP contribution in [0.5, 0.6) is 11.5 Å². The minimum absolute atomic E-state index is 0.227. The molecule has 2 aromatic rings. The summed E-state index contributed by atoms with van der Waals surface area (Å²) in [6, 6.07) is 11.6. The van der Waals surface area contributed by atoms with E-state index in [0.29, 0.717) is 10.2 Å². The monoisotopic (exact) mass is 353 g/mol. The van der Waals surface area contributed by atoms with Crippen LogP contribution in [0.1, 0.15) is 18.6 Å². The Bertz CT molecular complexity index is 602. The largest absolute Gasteiger partial charge is 0.497 e. The minimum Gasteiger partial charge on any atom is -0.497 e. The molecule has 0 saturated heterocycles. The van der Waals surface area contributed by atoms with E-state index in [1.807, 2.05) is 31.2 Å². The van der Waals surface area contributed by atoms with E-state index in [1.165, 1.54) is 12.1 Å². The molecular formula is C16H17BrFNO2. The quantitative estimate of drug-likeness (QED) is 0.881. The van der Waals surface area contributed by atoms with Crippen molar-refractivity contribution in [2.24, 2.45) is 5.73 Å². The molecule has 0 spiro atoms. The van der Waals surface area contributed by atoms with Crippen LogP contribution in [0.15, 0.2) is 46.9 Å². The molecule has 0 fully saturated rings. The van der Waals surface area contributed by atoms with Crippen molar-refractivity contribution >= 4 is 15.9 Å². The van der Waals surface area contributed by atoms with Crippen LogP contribution >= 0.6 is 15.9 Å². The molecule has 2 aromatic carbocycles. The molecule has 112 valence electrons. The van der Waals surface area contributed by atoms with Gasteiger partial charge in [0.25, 0.3) is 0 Å². The van der Waals surface area contributed by atoms with Gasteiger partial charge in [-0.3, -0.25) is 0 Å². The molecule has 0 aliphatic heterocycles. The summed E-state index contributed by atoms with van der Waals surface area (Å²) >= 11 is 3.29. The van der Waals surface area contributed by atoms with Crippen LogP contribution in [-0.4, -0.2) is 13.2 Å². The molecule has 21 heavy (non-hydrogen) atoms. The van der Waals surface area contributed by atoms with E-state index < -0.39 is 0 Å². The van der Waals surface area contributed by atoms with Crippen LogP contribution in [-0.2, 0) is 0 Å². The third-order valence-electron chi connectivity index (χ3n) is 3.07. The Morgan fingerprint density at radius 1 is 1.14 bits per heavy atom. The second-order valence-electron chi connectivity index (χ2n) is 4.75. The molecule has 2 atom stereocenters. The third-order valence-corrected chi connectivity index (χ3v) is 3.69. The normalized spacial score (nSPS) is 13.6. The average Bonchev–Trinajstić information content (AvgIpc) is 2.46. The highest BCUT2D eigenvalue weighted by atomic mass is 79.9. The fourth-order valence-corrected chi connectivity index (χ4v) is 2.42. The topological polar surface area (TPSA) is 44.5 Å². The van der Waals surface area contributed by atoms with Gasteiger partial charge >= 0.3 is 0 Å². The molecule has 2 rings (SSSR count). The zero-order valence-electron chi connectivity index (χ0n) is 11.8. The zero-order chi connectivity index (χ0) is 15.4. The fourth-order valence-electron chi connectivity index (χ4n) is 1.98. The minimum atomic E-state index is -0.335. The lowest BCUT2D eigenvalue weighted by Gasteiger charge is -2.23. The first-order chi connectivity index (χ1) is 10.0. The number of hydrogen-bond acceptors (Lipinski definition) is 3. The Balaban J connectivity index is 2.26. The second-order valence-corrected chi connectivity index (χ2v) is 5.60. The van der Waals surface area contributed by atoms with E-state index in [9.17, 15) is 4.39 Å². The van der Waals surface area contributed by atoms with Gasteiger partial charge in [-0.1, -0.05) is 12.1 Å². The standard InChI is InChI=1S/C16H17BrFNO2/c1-10(19)16(11-3-6-13(20-2)7-4-11)21-15-8-5-12(18)9-14(15)17/h3-10,16H,19H2,1-2H3. The molecule has 0 aromatic heterocycles. The number of rotatable bonds is 5. The second kappa shape index (κ2) is 6.91. The molecule has 0 saturated carbocycles. The SMILES string of the molecule is COc1ccc(C(Oc2ccc(F)cc2Br)C(C)N)cc1. The molecule has 2 unspecified atom stereocenters. The number of hydrogen-bond donors (Lipinski definition) is 1. The van der Waals surface area contributed by atoms with E-state index in [0.717, 1.165) is 11.3 Å². The Hall–Kier alpha value is -1.59. The Kier molecular flexibility index (Phi) is 5.20. The van der Waals surface area contributed by atoms with Gasteiger partial charge in [0.1, 0.15) is 23.4 Å². The van der Waals surface area contributed by atoms with Crippen molar-refractivity contribution in [3.05, 3.63) is 58.3 Å². The molecule has 0 aliphatic carbocycles. The summed E-state index contributed by atoms with van der Waals surface area (Å²) in [4.78, 5) is 0. The van der Waals surface area contributed by atoms with Crippen molar-refractivity contribution in [1.82, 2.24) is 0 Å². The van der Waals surface area contributed by atoms with Gasteiger partial charge in [-0.2, -0.15) is 0 Å². The van der Waals surface area contributed by atoms with Crippen molar-refractivity contribution in [3.8, 4) is 11.5 Å². The molecule has 0 heterocycles. The van der Waals surface area contributed by atoms with Crippen LogP contribution in [0.3, 0.4) is 0 Å². The fraction of sp³-hybridized carbons (Fsp3) is 0.250. The number of ether oxygens (including phenoxy) is 2. The maximum Gasteiger partial charge on any atom is 0.139 e. The maximum absolute atomic E-state index is 13.1. The summed E-state index contributed by atoms with van der Waals surface area (Å²) in [5, 5.41) is 0. The molecule has 0 aliphatic rings. The molecular weight excluding hydrogens is 337 g/mol. The first-order valence-corrected chi connectivity index (χ1v) is 7.32. The Labute approximate surface area is 132 Å². The van der Waals surface area contributed by atoms with E-state index >= 15 is 0 Å². The summed E-state index contributed by atoms with van der Waals surface area (Å²) in [6.45, 7) is 1.87. The van der Waals surface area contributed by atoms with Crippen LogP contribution in [0.25, 0.3) is 0 Å². The van der Waals surface area contributed by atoms with Crippen molar-refractivity contribution in [1.29, 1.82) is 0 Å². The van der Waals surface area contributed by atoms with Gasteiger partial charge in [-0.25, -0.2) is 4.39 Å². The van der Waals surface area contributed by atoms with Gasteiger partial charge in [-0.05, 0) is 58.7 Å². The van der Waals surface area contributed by atoms with Gasteiger partial charge in [0.15, 0.2) is 0 Å². The van der Waals surface area contributed by atoms with E-state index in [4.69, 9.17) is 15.2 Å². The van der Waals surface area contributed by atoms with Gasteiger partial charge < -0.3 is 15.2 Å². The Morgan fingerprint density at radius 2 is 1.81 bits per heavy atom. The number of nitrogens with two attached hydrogens (primary N) is 1. The van der Waals surface area contributed by atoms with Crippen molar-refractivity contribution in [2.75, 3.05) is 7.11 Å². The summed E-state index contributed by atoms with van der Waals surface area (Å²) in [7, 11) is 1.62. The predicted molar refractivity (Wildman–Crippen MR) is 84.1 cm³/mol. The van der Waals surface area contributed by atoms with E-state index in [2.05, 4.69) is 15.9 Å². The lowest BCUT2D eigenvalue weighted by molar-refractivity contribution is 0.179. The highest BCUT2D eigenvalue weighted by molar-refractivity contribution is 9.10. The highest BCUT2D eigenvalue weighted by Gasteiger charge is 2.19. The van der Waals surface area contributed by atoms with Crippen LogP contribution < -0.4 is 15.2 Å². The van der Waals surface area contributed by atoms with Gasteiger partial charge in [0, 0.05) is 6.04 Å². The van der Waals surface area contributed by atoms with E-state index in [1.54, 1.807) is 13.2 Å².